The van der Waals surface area contributed by atoms with Crippen LogP contribution in [0.2, 0.25) is 0 Å². The molecule has 3 unspecified atom stereocenters. The van der Waals surface area contributed by atoms with E-state index in [9.17, 15) is 0 Å². The Labute approximate surface area is 99.1 Å². The third kappa shape index (κ3) is 3.17. The zero-order chi connectivity index (χ0) is 12.2. The van der Waals surface area contributed by atoms with Gasteiger partial charge in [0.25, 0.3) is 0 Å². The Morgan fingerprint density at radius 3 is 2.75 bits per heavy atom. The van der Waals surface area contributed by atoms with E-state index in [4.69, 9.17) is 15.2 Å². The molecule has 1 aliphatic heterocycles. The fourth-order valence-electron chi connectivity index (χ4n) is 2.34. The van der Waals surface area contributed by atoms with Crippen LogP contribution in [0.5, 0.6) is 0 Å². The predicted octanol–water partition coefficient (Wildman–Crippen LogP) is 0.850. The van der Waals surface area contributed by atoms with Gasteiger partial charge in [-0.25, -0.2) is 0 Å². The van der Waals surface area contributed by atoms with E-state index in [2.05, 4.69) is 25.7 Å². The minimum atomic E-state index is 0.0213. The second-order valence-corrected chi connectivity index (χ2v) is 5.09. The zero-order valence-corrected chi connectivity index (χ0v) is 11.0. The van der Waals surface area contributed by atoms with Crippen molar-refractivity contribution in [2.75, 3.05) is 33.4 Å². The summed E-state index contributed by atoms with van der Waals surface area (Å²) < 4.78 is 10.8. The minimum Gasteiger partial charge on any atom is -0.385 e. The summed E-state index contributed by atoms with van der Waals surface area (Å²) in [6.45, 7) is 9.71. The molecule has 0 saturated carbocycles. The monoisotopic (exact) mass is 230 g/mol. The minimum absolute atomic E-state index is 0.0213. The van der Waals surface area contributed by atoms with Crippen LogP contribution in [-0.2, 0) is 9.47 Å². The van der Waals surface area contributed by atoms with Crippen molar-refractivity contribution >= 4 is 0 Å². The zero-order valence-electron chi connectivity index (χ0n) is 11.0. The summed E-state index contributed by atoms with van der Waals surface area (Å²) in [4.78, 5) is 2.47. The van der Waals surface area contributed by atoms with Crippen LogP contribution in [0, 0.1) is 0 Å². The summed E-state index contributed by atoms with van der Waals surface area (Å²) in [7, 11) is 1.74. The van der Waals surface area contributed by atoms with Gasteiger partial charge in [0.15, 0.2) is 0 Å². The van der Waals surface area contributed by atoms with Gasteiger partial charge >= 0.3 is 0 Å². The number of hydrogen-bond donors (Lipinski definition) is 1. The van der Waals surface area contributed by atoms with Gasteiger partial charge in [-0.3, -0.25) is 4.90 Å². The van der Waals surface area contributed by atoms with E-state index in [1.807, 2.05) is 0 Å². The molecule has 0 aromatic rings. The van der Waals surface area contributed by atoms with E-state index in [1.54, 1.807) is 7.11 Å². The second-order valence-electron chi connectivity index (χ2n) is 5.09. The lowest BCUT2D eigenvalue weighted by molar-refractivity contribution is -0.0933. The Balaban J connectivity index is 2.68. The van der Waals surface area contributed by atoms with E-state index in [1.165, 1.54) is 0 Å². The maximum Gasteiger partial charge on any atom is 0.0675 e. The number of ether oxygens (including phenoxy) is 2. The molecular weight excluding hydrogens is 204 g/mol. The summed E-state index contributed by atoms with van der Waals surface area (Å²) in [6.07, 6.45) is 1.27. The molecule has 0 radical (unpaired) electrons. The first kappa shape index (κ1) is 13.9. The number of methoxy groups -OCH3 is 1. The van der Waals surface area contributed by atoms with E-state index >= 15 is 0 Å². The Morgan fingerprint density at radius 1 is 1.50 bits per heavy atom. The summed E-state index contributed by atoms with van der Waals surface area (Å²) in [6, 6.07) is 0.432. The summed E-state index contributed by atoms with van der Waals surface area (Å²) in [5.74, 6) is 0. The summed E-state index contributed by atoms with van der Waals surface area (Å²) in [5.41, 5.74) is 5.97. The van der Waals surface area contributed by atoms with Gasteiger partial charge in [0.05, 0.1) is 12.7 Å². The molecule has 0 aromatic carbocycles. The molecule has 2 N–H and O–H groups in total. The van der Waals surface area contributed by atoms with Crippen molar-refractivity contribution in [3.05, 3.63) is 0 Å². The van der Waals surface area contributed by atoms with Gasteiger partial charge in [-0.15, -0.1) is 0 Å². The first-order valence-corrected chi connectivity index (χ1v) is 6.11. The van der Waals surface area contributed by atoms with Gasteiger partial charge in [-0.2, -0.15) is 0 Å². The van der Waals surface area contributed by atoms with Crippen molar-refractivity contribution < 1.29 is 9.47 Å². The topological polar surface area (TPSA) is 47.7 Å². The molecule has 16 heavy (non-hydrogen) atoms. The van der Waals surface area contributed by atoms with Crippen molar-refractivity contribution in [1.82, 2.24) is 4.90 Å². The Hall–Kier alpha value is -0.160. The number of morpholine rings is 1. The maximum atomic E-state index is 5.95. The van der Waals surface area contributed by atoms with Crippen molar-refractivity contribution in [2.45, 2.75) is 44.9 Å². The molecule has 0 aromatic heterocycles. The van der Waals surface area contributed by atoms with Gasteiger partial charge in [0.1, 0.15) is 0 Å². The molecular formula is C12H26N2O2. The average Bonchev–Trinajstić information content (AvgIpc) is 2.29. The van der Waals surface area contributed by atoms with Gasteiger partial charge < -0.3 is 15.2 Å². The maximum absolute atomic E-state index is 5.95. The normalized spacial score (nSPS) is 31.3. The number of nitrogens with two attached hydrogens (primary N) is 1. The molecule has 1 aliphatic rings. The third-order valence-electron chi connectivity index (χ3n) is 3.59. The van der Waals surface area contributed by atoms with Crippen LogP contribution in [0.25, 0.3) is 0 Å². The largest absolute Gasteiger partial charge is 0.385 e. The standard InChI is InChI=1S/C12H26N2O2/c1-10-8-16-11(2)7-14(10)12(3,9-13)5-6-15-4/h10-11H,5-9,13H2,1-4H3. The van der Waals surface area contributed by atoms with Crippen molar-refractivity contribution in [3.8, 4) is 0 Å². The summed E-state index contributed by atoms with van der Waals surface area (Å²) >= 11 is 0. The molecule has 4 nitrogen and oxygen atoms in total. The Kier molecular flexibility index (Phi) is 5.18. The van der Waals surface area contributed by atoms with E-state index < -0.39 is 0 Å². The van der Waals surface area contributed by atoms with Gasteiger partial charge in [0.2, 0.25) is 0 Å². The van der Waals surface area contributed by atoms with Crippen molar-refractivity contribution in [3.63, 3.8) is 0 Å². The molecule has 4 heteroatoms. The SMILES string of the molecule is COCCC(C)(CN)N1CC(C)OCC1C. The first-order valence-electron chi connectivity index (χ1n) is 6.11. The highest BCUT2D eigenvalue weighted by Gasteiger charge is 2.36. The first-order chi connectivity index (χ1) is 7.53. The average molecular weight is 230 g/mol. The molecule has 1 heterocycles. The smallest absolute Gasteiger partial charge is 0.0675 e. The van der Waals surface area contributed by atoms with E-state index in [0.29, 0.717) is 18.7 Å². The van der Waals surface area contributed by atoms with Gasteiger partial charge in [-0.05, 0) is 27.2 Å². The van der Waals surface area contributed by atoms with Crippen LogP contribution in [0.1, 0.15) is 27.2 Å². The number of rotatable bonds is 5. The van der Waals surface area contributed by atoms with E-state index in [-0.39, 0.29) is 5.54 Å². The lowest BCUT2D eigenvalue weighted by Gasteiger charge is -2.48. The predicted molar refractivity (Wildman–Crippen MR) is 65.5 cm³/mol. The molecule has 3 atom stereocenters. The Bertz CT molecular complexity index is 213. The number of hydrogen-bond acceptors (Lipinski definition) is 4. The van der Waals surface area contributed by atoms with E-state index in [0.717, 1.165) is 26.2 Å². The molecule has 0 amide bonds. The molecule has 1 fully saturated rings. The van der Waals surface area contributed by atoms with Crippen LogP contribution < -0.4 is 5.73 Å². The highest BCUT2D eigenvalue weighted by molar-refractivity contribution is 4.92. The van der Waals surface area contributed by atoms with Crippen LogP contribution in [0.3, 0.4) is 0 Å². The number of nitrogens with zero attached hydrogens (tertiary/aromatic N) is 1. The second kappa shape index (κ2) is 5.96. The molecule has 0 aliphatic carbocycles. The lowest BCUT2D eigenvalue weighted by Crippen LogP contribution is -2.61. The fourth-order valence-corrected chi connectivity index (χ4v) is 2.34. The van der Waals surface area contributed by atoms with Crippen LogP contribution >= 0.6 is 0 Å². The molecule has 1 saturated heterocycles. The molecule has 0 spiro atoms. The molecule has 0 bridgehead atoms. The lowest BCUT2D eigenvalue weighted by atomic mass is 9.93. The quantitative estimate of drug-likeness (QED) is 0.760. The highest BCUT2D eigenvalue weighted by Crippen LogP contribution is 2.25. The Morgan fingerprint density at radius 2 is 2.19 bits per heavy atom. The van der Waals surface area contributed by atoms with Crippen molar-refractivity contribution in [1.29, 1.82) is 0 Å². The fraction of sp³-hybridized carbons (Fsp3) is 1.00. The van der Waals surface area contributed by atoms with Crippen molar-refractivity contribution in [2.24, 2.45) is 5.73 Å². The summed E-state index contributed by atoms with van der Waals surface area (Å²) in [5, 5.41) is 0. The molecule has 1 rings (SSSR count). The van der Waals surface area contributed by atoms with Crippen LogP contribution in [0.4, 0.5) is 0 Å². The molecule has 96 valence electrons. The van der Waals surface area contributed by atoms with Gasteiger partial charge in [0, 0.05) is 38.4 Å². The van der Waals surface area contributed by atoms with Crippen LogP contribution in [0.15, 0.2) is 0 Å². The van der Waals surface area contributed by atoms with Crippen LogP contribution in [-0.4, -0.2) is 56.0 Å². The van der Waals surface area contributed by atoms with Gasteiger partial charge in [-0.1, -0.05) is 0 Å². The highest BCUT2D eigenvalue weighted by atomic mass is 16.5. The third-order valence-corrected chi connectivity index (χ3v) is 3.59.